The highest BCUT2D eigenvalue weighted by molar-refractivity contribution is 6.13. The number of hydrogen-bond acceptors (Lipinski definition) is 2. The van der Waals surface area contributed by atoms with Gasteiger partial charge >= 0.3 is 0 Å². The van der Waals surface area contributed by atoms with Crippen molar-refractivity contribution in [3.8, 4) is 27.9 Å². The van der Waals surface area contributed by atoms with Gasteiger partial charge in [-0.2, -0.15) is 0 Å². The molecule has 210 valence electrons. The second-order valence-electron chi connectivity index (χ2n) is 11.7. The summed E-state index contributed by atoms with van der Waals surface area (Å²) in [6, 6.07) is 53.6. The van der Waals surface area contributed by atoms with Crippen LogP contribution in [0.5, 0.6) is 0 Å². The Labute approximate surface area is 258 Å². The monoisotopic (exact) mass is 575 g/mol. The molecular formula is C42H25NO2. The Hall–Kier alpha value is -6.06. The molecule has 10 aromatic rings. The second kappa shape index (κ2) is 9.22. The van der Waals surface area contributed by atoms with Gasteiger partial charge in [-0.25, -0.2) is 0 Å². The predicted octanol–water partition coefficient (Wildman–Crippen LogP) is 11.9. The Morgan fingerprint density at radius 1 is 0.356 bits per heavy atom. The largest absolute Gasteiger partial charge is 0.455 e. The van der Waals surface area contributed by atoms with Crippen LogP contribution >= 0.6 is 0 Å². The standard InChI is InChI=1S/C42H25NO2/c1-4-16-37-31(9-1)36-25-27(30-13-8-15-35-33-11-3-6-18-40(33)45-42(30)35)21-24-38(36)43(37)28-22-19-26(20-23-28)29-12-7-14-34-32-10-2-5-17-39(32)44-41(29)34/h1-25H. The highest BCUT2D eigenvalue weighted by atomic mass is 16.3. The lowest BCUT2D eigenvalue weighted by atomic mass is 10.0. The summed E-state index contributed by atoms with van der Waals surface area (Å²) >= 11 is 0. The van der Waals surface area contributed by atoms with Crippen molar-refractivity contribution in [3.05, 3.63) is 152 Å². The number of furan rings is 2. The van der Waals surface area contributed by atoms with E-state index in [2.05, 4.69) is 132 Å². The number of para-hydroxylation sites is 5. The minimum atomic E-state index is 0.914. The number of nitrogens with zero attached hydrogens (tertiary/aromatic N) is 1. The summed E-state index contributed by atoms with van der Waals surface area (Å²) in [5, 5.41) is 7.02. The minimum Gasteiger partial charge on any atom is -0.455 e. The van der Waals surface area contributed by atoms with Crippen LogP contribution in [-0.4, -0.2) is 4.57 Å². The van der Waals surface area contributed by atoms with E-state index in [0.29, 0.717) is 0 Å². The zero-order valence-corrected chi connectivity index (χ0v) is 24.2. The predicted molar refractivity (Wildman–Crippen MR) is 186 cm³/mol. The van der Waals surface area contributed by atoms with Crippen molar-refractivity contribution in [1.82, 2.24) is 4.57 Å². The Balaban J connectivity index is 1.13. The Kier molecular flexibility index (Phi) is 5.00. The molecule has 3 nitrogen and oxygen atoms in total. The van der Waals surface area contributed by atoms with E-state index < -0.39 is 0 Å². The van der Waals surface area contributed by atoms with Gasteiger partial charge in [0.05, 0.1) is 11.0 Å². The van der Waals surface area contributed by atoms with E-state index in [1.807, 2.05) is 24.3 Å². The van der Waals surface area contributed by atoms with Crippen molar-refractivity contribution in [1.29, 1.82) is 0 Å². The fourth-order valence-electron chi connectivity index (χ4n) is 7.16. The average molecular weight is 576 g/mol. The summed E-state index contributed by atoms with van der Waals surface area (Å²) in [5.74, 6) is 0. The lowest BCUT2D eigenvalue weighted by Crippen LogP contribution is -1.93. The maximum atomic E-state index is 6.39. The third-order valence-electron chi connectivity index (χ3n) is 9.23. The van der Waals surface area contributed by atoms with Crippen LogP contribution < -0.4 is 0 Å². The number of hydrogen-bond donors (Lipinski definition) is 0. The fraction of sp³-hybridized carbons (Fsp3) is 0. The third-order valence-corrected chi connectivity index (χ3v) is 9.23. The SMILES string of the molecule is c1ccc2c(c1)oc1c(-c3ccc(-n4c5ccccc5c5cc(-c6cccc7c6oc6ccccc67)ccc54)cc3)cccc12. The molecule has 10 rings (SSSR count). The molecule has 0 aliphatic rings. The molecule has 0 aliphatic heterocycles. The molecule has 0 spiro atoms. The van der Waals surface area contributed by atoms with Gasteiger partial charge in [0.1, 0.15) is 22.3 Å². The first-order valence-electron chi connectivity index (χ1n) is 15.3. The first-order valence-corrected chi connectivity index (χ1v) is 15.3. The fourth-order valence-corrected chi connectivity index (χ4v) is 7.16. The second-order valence-corrected chi connectivity index (χ2v) is 11.7. The molecule has 3 heterocycles. The van der Waals surface area contributed by atoms with E-state index in [9.17, 15) is 0 Å². The smallest absolute Gasteiger partial charge is 0.143 e. The zero-order chi connectivity index (χ0) is 29.5. The van der Waals surface area contributed by atoms with Crippen LogP contribution in [0.4, 0.5) is 0 Å². The van der Waals surface area contributed by atoms with E-state index in [4.69, 9.17) is 8.83 Å². The molecule has 0 saturated heterocycles. The molecule has 45 heavy (non-hydrogen) atoms. The van der Waals surface area contributed by atoms with E-state index in [0.717, 1.165) is 71.8 Å². The number of aromatic nitrogens is 1. The van der Waals surface area contributed by atoms with Crippen molar-refractivity contribution >= 4 is 65.7 Å². The maximum absolute atomic E-state index is 6.39. The minimum absolute atomic E-state index is 0.914. The first kappa shape index (κ1) is 24.4. The number of rotatable bonds is 3. The van der Waals surface area contributed by atoms with Crippen LogP contribution in [0.3, 0.4) is 0 Å². The van der Waals surface area contributed by atoms with Gasteiger partial charge in [-0.1, -0.05) is 109 Å². The molecule has 0 unspecified atom stereocenters. The number of fused-ring (bicyclic) bond motifs is 9. The zero-order valence-electron chi connectivity index (χ0n) is 24.2. The van der Waals surface area contributed by atoms with Crippen LogP contribution in [0.25, 0.3) is 93.6 Å². The van der Waals surface area contributed by atoms with Crippen molar-refractivity contribution < 1.29 is 8.83 Å². The molecule has 0 radical (unpaired) electrons. The van der Waals surface area contributed by atoms with Crippen molar-refractivity contribution in [2.24, 2.45) is 0 Å². The summed E-state index contributed by atoms with van der Waals surface area (Å²) in [6.07, 6.45) is 0. The van der Waals surface area contributed by atoms with E-state index in [1.165, 1.54) is 21.8 Å². The van der Waals surface area contributed by atoms with Crippen LogP contribution in [0.2, 0.25) is 0 Å². The molecule has 0 saturated carbocycles. The van der Waals surface area contributed by atoms with Crippen molar-refractivity contribution in [2.45, 2.75) is 0 Å². The molecule has 3 aromatic heterocycles. The quantitative estimate of drug-likeness (QED) is 0.210. The normalized spacial score (nSPS) is 12.0. The third kappa shape index (κ3) is 3.52. The molecule has 0 N–H and O–H groups in total. The first-order chi connectivity index (χ1) is 22.3. The Morgan fingerprint density at radius 3 is 1.53 bits per heavy atom. The van der Waals surface area contributed by atoms with Gasteiger partial charge in [-0.05, 0) is 53.6 Å². The molecule has 0 atom stereocenters. The Morgan fingerprint density at radius 2 is 0.867 bits per heavy atom. The summed E-state index contributed by atoms with van der Waals surface area (Å²) in [4.78, 5) is 0. The summed E-state index contributed by atoms with van der Waals surface area (Å²) in [7, 11) is 0. The van der Waals surface area contributed by atoms with E-state index >= 15 is 0 Å². The molecule has 3 heteroatoms. The Bertz CT molecular complexity index is 2760. The lowest BCUT2D eigenvalue weighted by Gasteiger charge is -2.10. The van der Waals surface area contributed by atoms with Gasteiger partial charge in [0.15, 0.2) is 0 Å². The highest BCUT2D eigenvalue weighted by Gasteiger charge is 2.17. The van der Waals surface area contributed by atoms with Gasteiger partial charge in [-0.15, -0.1) is 0 Å². The van der Waals surface area contributed by atoms with Gasteiger partial charge < -0.3 is 13.4 Å². The molecule has 0 amide bonds. The van der Waals surface area contributed by atoms with Crippen LogP contribution in [0.1, 0.15) is 0 Å². The molecular weight excluding hydrogens is 550 g/mol. The highest BCUT2D eigenvalue weighted by Crippen LogP contribution is 2.40. The molecule has 7 aromatic carbocycles. The van der Waals surface area contributed by atoms with Crippen LogP contribution in [0.15, 0.2) is 160 Å². The summed E-state index contributed by atoms with van der Waals surface area (Å²) < 4.78 is 15.1. The van der Waals surface area contributed by atoms with E-state index in [-0.39, 0.29) is 0 Å². The van der Waals surface area contributed by atoms with Crippen LogP contribution in [-0.2, 0) is 0 Å². The van der Waals surface area contributed by atoms with Crippen LogP contribution in [0, 0.1) is 0 Å². The number of benzene rings is 7. The summed E-state index contributed by atoms with van der Waals surface area (Å²) in [6.45, 7) is 0. The van der Waals surface area contributed by atoms with Gasteiger partial charge in [0, 0.05) is 49.1 Å². The topological polar surface area (TPSA) is 31.2 Å². The summed E-state index contributed by atoms with van der Waals surface area (Å²) in [5.41, 5.74) is 11.6. The van der Waals surface area contributed by atoms with E-state index in [1.54, 1.807) is 0 Å². The van der Waals surface area contributed by atoms with Gasteiger partial charge in [-0.3, -0.25) is 0 Å². The van der Waals surface area contributed by atoms with Crippen molar-refractivity contribution in [3.63, 3.8) is 0 Å². The van der Waals surface area contributed by atoms with Gasteiger partial charge in [0.2, 0.25) is 0 Å². The molecule has 0 aliphatic carbocycles. The molecule has 0 fully saturated rings. The van der Waals surface area contributed by atoms with Gasteiger partial charge in [0.25, 0.3) is 0 Å². The molecule has 0 bridgehead atoms. The lowest BCUT2D eigenvalue weighted by molar-refractivity contribution is 0.669. The average Bonchev–Trinajstić information content (AvgIpc) is 3.78. The maximum Gasteiger partial charge on any atom is 0.143 e. The van der Waals surface area contributed by atoms with Crippen molar-refractivity contribution in [2.75, 3.05) is 0 Å².